The highest BCUT2D eigenvalue weighted by atomic mass is 16.5. The summed E-state index contributed by atoms with van der Waals surface area (Å²) in [5, 5.41) is 10.7. The second-order valence-electron chi connectivity index (χ2n) is 8.53. The van der Waals surface area contributed by atoms with Gasteiger partial charge in [-0.15, -0.1) is 0 Å². The summed E-state index contributed by atoms with van der Waals surface area (Å²) in [5.41, 5.74) is 1.25. The number of fused-ring (bicyclic) bond motifs is 1. The molecule has 1 amide bonds. The normalized spacial score (nSPS) is 27.2. The highest BCUT2D eigenvalue weighted by Crippen LogP contribution is 2.45. The van der Waals surface area contributed by atoms with Crippen molar-refractivity contribution in [3.05, 3.63) is 35.4 Å². The van der Waals surface area contributed by atoms with Crippen LogP contribution >= 0.6 is 0 Å². The number of hydrogen-bond donors (Lipinski definition) is 1. The fourth-order valence-electron chi connectivity index (χ4n) is 4.67. The smallest absolute Gasteiger partial charge is 0.257 e. The first kappa shape index (κ1) is 16.5. The number of likely N-dealkylation sites (tertiary alicyclic amines) is 1. The van der Waals surface area contributed by atoms with Gasteiger partial charge in [0.1, 0.15) is 5.60 Å². The molecule has 1 N–H and O–H groups in total. The lowest BCUT2D eigenvalue weighted by Crippen LogP contribution is -2.46. The molecule has 1 saturated heterocycles. The number of piperidine rings is 1. The van der Waals surface area contributed by atoms with E-state index in [4.69, 9.17) is 4.74 Å². The van der Waals surface area contributed by atoms with Crippen LogP contribution in [0.15, 0.2) is 24.3 Å². The number of nitrogens with zero attached hydrogens (tertiary/aromatic N) is 1. The minimum Gasteiger partial charge on any atom is -0.504 e. The quantitative estimate of drug-likeness (QED) is 0.784. The Morgan fingerprint density at radius 3 is 2.84 bits per heavy atom. The van der Waals surface area contributed by atoms with Gasteiger partial charge in [-0.05, 0) is 57.4 Å². The summed E-state index contributed by atoms with van der Waals surface area (Å²) in [7, 11) is 0. The van der Waals surface area contributed by atoms with Crippen LogP contribution in [0.2, 0.25) is 0 Å². The average molecular weight is 341 g/mol. The third-order valence-electron chi connectivity index (χ3n) is 5.95. The summed E-state index contributed by atoms with van der Waals surface area (Å²) in [5.74, 6) is 0.432. The molecule has 4 heteroatoms. The molecule has 134 valence electrons. The minimum absolute atomic E-state index is 0.0104. The number of ether oxygens (including phenoxy) is 1. The van der Waals surface area contributed by atoms with Crippen LogP contribution in [-0.2, 0) is 6.42 Å². The van der Waals surface area contributed by atoms with Crippen LogP contribution < -0.4 is 4.74 Å². The van der Waals surface area contributed by atoms with Crippen molar-refractivity contribution in [1.82, 2.24) is 4.90 Å². The molecule has 0 bridgehead atoms. The van der Waals surface area contributed by atoms with E-state index in [0.29, 0.717) is 11.3 Å². The Labute approximate surface area is 149 Å². The van der Waals surface area contributed by atoms with E-state index in [-0.39, 0.29) is 22.7 Å². The van der Waals surface area contributed by atoms with Crippen LogP contribution in [0.4, 0.5) is 0 Å². The first-order valence-electron chi connectivity index (χ1n) is 9.37. The zero-order valence-corrected chi connectivity index (χ0v) is 15.2. The SMILES string of the molecule is CC1(C)Cc2ccc(C(=O)N3CCCC4(CC=CCC4)C3)c(O)c2O1. The first-order valence-corrected chi connectivity index (χ1v) is 9.37. The topological polar surface area (TPSA) is 49.8 Å². The molecule has 2 aliphatic heterocycles. The molecule has 1 atom stereocenters. The van der Waals surface area contributed by atoms with Crippen LogP contribution in [0, 0.1) is 5.41 Å². The summed E-state index contributed by atoms with van der Waals surface area (Å²) in [6, 6.07) is 3.70. The van der Waals surface area contributed by atoms with E-state index in [2.05, 4.69) is 12.2 Å². The fraction of sp³-hybridized carbons (Fsp3) is 0.571. The summed E-state index contributed by atoms with van der Waals surface area (Å²) in [6.45, 7) is 5.56. The zero-order valence-electron chi connectivity index (χ0n) is 15.2. The Morgan fingerprint density at radius 1 is 1.24 bits per heavy atom. The van der Waals surface area contributed by atoms with Crippen molar-refractivity contribution >= 4 is 5.91 Å². The molecule has 25 heavy (non-hydrogen) atoms. The zero-order chi connectivity index (χ0) is 17.7. The molecule has 3 aliphatic rings. The molecule has 1 aliphatic carbocycles. The van der Waals surface area contributed by atoms with Crippen molar-refractivity contribution in [3.63, 3.8) is 0 Å². The number of benzene rings is 1. The predicted octanol–water partition coefficient (Wildman–Crippen LogP) is 4.07. The second-order valence-corrected chi connectivity index (χ2v) is 8.53. The van der Waals surface area contributed by atoms with E-state index in [1.165, 1.54) is 6.42 Å². The molecule has 1 aromatic rings. The molecule has 1 spiro atoms. The Kier molecular flexibility index (Phi) is 3.82. The van der Waals surface area contributed by atoms with E-state index in [1.807, 2.05) is 24.8 Å². The lowest BCUT2D eigenvalue weighted by molar-refractivity contribution is 0.0480. The van der Waals surface area contributed by atoms with Crippen LogP contribution in [0.5, 0.6) is 11.5 Å². The number of allylic oxidation sites excluding steroid dienone is 2. The van der Waals surface area contributed by atoms with Crippen molar-refractivity contribution in [3.8, 4) is 11.5 Å². The van der Waals surface area contributed by atoms with Gasteiger partial charge in [0.05, 0.1) is 5.56 Å². The predicted molar refractivity (Wildman–Crippen MR) is 97.1 cm³/mol. The lowest BCUT2D eigenvalue weighted by Gasteiger charge is -2.44. The summed E-state index contributed by atoms with van der Waals surface area (Å²) < 4.78 is 5.88. The number of aromatic hydroxyl groups is 1. The van der Waals surface area contributed by atoms with Gasteiger partial charge in [-0.3, -0.25) is 4.79 Å². The van der Waals surface area contributed by atoms with E-state index >= 15 is 0 Å². The summed E-state index contributed by atoms with van der Waals surface area (Å²) in [6.07, 6.45) is 10.8. The lowest BCUT2D eigenvalue weighted by atomic mass is 9.71. The molecule has 4 rings (SSSR count). The van der Waals surface area contributed by atoms with Crippen LogP contribution in [0.3, 0.4) is 0 Å². The van der Waals surface area contributed by atoms with Crippen molar-refractivity contribution < 1.29 is 14.6 Å². The van der Waals surface area contributed by atoms with Gasteiger partial charge in [-0.2, -0.15) is 0 Å². The summed E-state index contributed by atoms with van der Waals surface area (Å²) in [4.78, 5) is 15.0. The van der Waals surface area contributed by atoms with Gasteiger partial charge in [-0.25, -0.2) is 0 Å². The number of amides is 1. The first-order chi connectivity index (χ1) is 11.9. The molecule has 1 aromatic carbocycles. The number of carbonyl (C=O) groups is 1. The van der Waals surface area contributed by atoms with Gasteiger partial charge < -0.3 is 14.7 Å². The molecule has 0 radical (unpaired) electrons. The minimum atomic E-state index is -0.328. The van der Waals surface area contributed by atoms with Crippen molar-refractivity contribution in [2.75, 3.05) is 13.1 Å². The maximum atomic E-state index is 13.1. The van der Waals surface area contributed by atoms with Crippen molar-refractivity contribution in [2.24, 2.45) is 5.41 Å². The van der Waals surface area contributed by atoms with Crippen LogP contribution in [0.1, 0.15) is 61.9 Å². The maximum absolute atomic E-state index is 13.1. The van der Waals surface area contributed by atoms with Crippen LogP contribution in [-0.4, -0.2) is 34.6 Å². The number of rotatable bonds is 1. The molecule has 1 fully saturated rings. The number of carbonyl (C=O) groups excluding carboxylic acids is 1. The molecule has 1 unspecified atom stereocenters. The van der Waals surface area contributed by atoms with Gasteiger partial charge >= 0.3 is 0 Å². The standard InChI is InChI=1S/C21H27NO3/c1-20(2)13-15-7-8-16(17(23)18(15)25-20)19(24)22-12-6-11-21(14-22)9-4-3-5-10-21/h3-4,7-8,23H,5-6,9-14H2,1-2H3. The summed E-state index contributed by atoms with van der Waals surface area (Å²) >= 11 is 0. The molecular formula is C21H27NO3. The van der Waals surface area contributed by atoms with E-state index in [9.17, 15) is 9.90 Å². The van der Waals surface area contributed by atoms with Gasteiger partial charge in [-0.1, -0.05) is 18.2 Å². The maximum Gasteiger partial charge on any atom is 0.257 e. The number of hydrogen-bond acceptors (Lipinski definition) is 3. The highest BCUT2D eigenvalue weighted by molar-refractivity contribution is 5.98. The fourth-order valence-corrected chi connectivity index (χ4v) is 4.67. The van der Waals surface area contributed by atoms with Gasteiger partial charge in [0.2, 0.25) is 0 Å². The third kappa shape index (κ3) is 2.92. The number of phenolic OH excluding ortho intramolecular Hbond substituents is 1. The van der Waals surface area contributed by atoms with Gasteiger partial charge in [0.25, 0.3) is 5.91 Å². The van der Waals surface area contributed by atoms with Crippen molar-refractivity contribution in [2.45, 2.75) is 58.0 Å². The molecule has 2 heterocycles. The Hall–Kier alpha value is -1.97. The monoisotopic (exact) mass is 341 g/mol. The van der Waals surface area contributed by atoms with Crippen LogP contribution in [0.25, 0.3) is 0 Å². The highest BCUT2D eigenvalue weighted by Gasteiger charge is 2.39. The van der Waals surface area contributed by atoms with E-state index in [1.54, 1.807) is 6.07 Å². The Bertz CT molecular complexity index is 737. The van der Waals surface area contributed by atoms with Crippen molar-refractivity contribution in [1.29, 1.82) is 0 Å². The van der Waals surface area contributed by atoms with E-state index < -0.39 is 0 Å². The molecule has 0 aromatic heterocycles. The Morgan fingerprint density at radius 2 is 2.08 bits per heavy atom. The molecule has 4 nitrogen and oxygen atoms in total. The number of phenols is 1. The third-order valence-corrected chi connectivity index (χ3v) is 5.95. The molecule has 0 saturated carbocycles. The average Bonchev–Trinajstić information content (AvgIpc) is 2.91. The largest absolute Gasteiger partial charge is 0.504 e. The van der Waals surface area contributed by atoms with Gasteiger partial charge in [0.15, 0.2) is 11.5 Å². The Balaban J connectivity index is 1.59. The van der Waals surface area contributed by atoms with E-state index in [0.717, 1.165) is 50.8 Å². The second kappa shape index (κ2) is 5.79. The molecular weight excluding hydrogens is 314 g/mol. The van der Waals surface area contributed by atoms with Gasteiger partial charge in [0, 0.05) is 25.1 Å².